The van der Waals surface area contributed by atoms with Crippen molar-refractivity contribution in [3.05, 3.63) is 35.4 Å². The van der Waals surface area contributed by atoms with Gasteiger partial charge in [-0.2, -0.15) is 0 Å². The lowest BCUT2D eigenvalue weighted by Gasteiger charge is -2.09. The summed E-state index contributed by atoms with van der Waals surface area (Å²) in [6.45, 7) is 6.47. The van der Waals surface area contributed by atoms with Crippen molar-refractivity contribution < 1.29 is 19.4 Å². The number of carbonyl (C=O) groups is 2. The minimum Gasteiger partial charge on any atom is -0.478 e. The molecule has 22 heavy (non-hydrogen) atoms. The van der Waals surface area contributed by atoms with Crippen molar-refractivity contribution in [2.75, 3.05) is 19.8 Å². The second kappa shape index (κ2) is 9.78. The van der Waals surface area contributed by atoms with Gasteiger partial charge in [-0.05, 0) is 30.0 Å². The van der Waals surface area contributed by atoms with E-state index in [2.05, 4.69) is 24.5 Å². The second-order valence-electron chi connectivity index (χ2n) is 5.43. The number of urea groups is 1. The van der Waals surface area contributed by atoms with E-state index in [1.807, 2.05) is 0 Å². The number of hydrogen-bond acceptors (Lipinski definition) is 3. The Labute approximate surface area is 130 Å². The minimum atomic E-state index is -0.961. The van der Waals surface area contributed by atoms with Gasteiger partial charge in [-0.25, -0.2) is 9.59 Å². The van der Waals surface area contributed by atoms with Gasteiger partial charge in [0.1, 0.15) is 0 Å². The highest BCUT2D eigenvalue weighted by Crippen LogP contribution is 2.04. The molecule has 0 saturated carbocycles. The summed E-state index contributed by atoms with van der Waals surface area (Å²) in [5, 5.41) is 14.3. The number of hydrogen-bond donors (Lipinski definition) is 3. The third-order valence-electron chi connectivity index (χ3n) is 2.86. The van der Waals surface area contributed by atoms with Crippen LogP contribution in [-0.4, -0.2) is 36.9 Å². The van der Waals surface area contributed by atoms with Crippen LogP contribution in [0.25, 0.3) is 0 Å². The summed E-state index contributed by atoms with van der Waals surface area (Å²) in [5.41, 5.74) is 1.08. The molecule has 0 aliphatic heterocycles. The van der Waals surface area contributed by atoms with Crippen molar-refractivity contribution >= 4 is 12.0 Å². The molecule has 0 radical (unpaired) electrons. The molecule has 0 bridgehead atoms. The van der Waals surface area contributed by atoms with Crippen LogP contribution in [-0.2, 0) is 11.3 Å². The number of benzene rings is 1. The first-order valence-corrected chi connectivity index (χ1v) is 7.40. The molecule has 0 aromatic heterocycles. The van der Waals surface area contributed by atoms with Crippen molar-refractivity contribution in [2.24, 2.45) is 5.92 Å². The Balaban J connectivity index is 2.14. The fourth-order valence-corrected chi connectivity index (χ4v) is 1.71. The average Bonchev–Trinajstić information content (AvgIpc) is 2.48. The maximum absolute atomic E-state index is 11.6. The first kappa shape index (κ1) is 18.0. The summed E-state index contributed by atoms with van der Waals surface area (Å²) in [4.78, 5) is 22.3. The molecule has 0 fully saturated rings. The number of nitrogens with one attached hydrogen (secondary N) is 2. The SMILES string of the molecule is CC(C)COCCCNC(=O)NCc1ccc(C(=O)O)cc1. The van der Waals surface area contributed by atoms with E-state index in [9.17, 15) is 9.59 Å². The molecule has 6 nitrogen and oxygen atoms in total. The Hall–Kier alpha value is -2.08. The molecule has 6 heteroatoms. The van der Waals surface area contributed by atoms with E-state index < -0.39 is 5.97 Å². The van der Waals surface area contributed by atoms with Gasteiger partial charge in [0, 0.05) is 26.3 Å². The van der Waals surface area contributed by atoms with Gasteiger partial charge in [0.25, 0.3) is 0 Å². The smallest absolute Gasteiger partial charge is 0.335 e. The fraction of sp³-hybridized carbons (Fsp3) is 0.500. The zero-order chi connectivity index (χ0) is 16.4. The van der Waals surface area contributed by atoms with E-state index in [4.69, 9.17) is 9.84 Å². The Bertz CT molecular complexity index is 472. The second-order valence-corrected chi connectivity index (χ2v) is 5.43. The van der Waals surface area contributed by atoms with E-state index in [1.165, 1.54) is 12.1 Å². The summed E-state index contributed by atoms with van der Waals surface area (Å²) in [6, 6.07) is 6.16. The van der Waals surface area contributed by atoms with Gasteiger partial charge in [-0.3, -0.25) is 0 Å². The molecule has 1 aromatic carbocycles. The van der Waals surface area contributed by atoms with Crippen LogP contribution in [0.2, 0.25) is 0 Å². The van der Waals surface area contributed by atoms with Gasteiger partial charge in [-0.15, -0.1) is 0 Å². The molecule has 0 aliphatic carbocycles. The van der Waals surface area contributed by atoms with Gasteiger partial charge < -0.3 is 20.5 Å². The first-order chi connectivity index (χ1) is 10.5. The molecule has 3 N–H and O–H groups in total. The van der Waals surface area contributed by atoms with Crippen LogP contribution >= 0.6 is 0 Å². The molecule has 0 atom stereocenters. The highest BCUT2D eigenvalue weighted by Gasteiger charge is 2.03. The standard InChI is InChI=1S/C16H24N2O4/c1-12(2)11-22-9-3-8-17-16(21)18-10-13-4-6-14(7-5-13)15(19)20/h4-7,12H,3,8-11H2,1-2H3,(H,19,20)(H2,17,18,21). The van der Waals surface area contributed by atoms with Crippen molar-refractivity contribution in [2.45, 2.75) is 26.8 Å². The van der Waals surface area contributed by atoms with Crippen molar-refractivity contribution in [3.8, 4) is 0 Å². The van der Waals surface area contributed by atoms with E-state index in [-0.39, 0.29) is 11.6 Å². The van der Waals surface area contributed by atoms with E-state index in [1.54, 1.807) is 12.1 Å². The lowest BCUT2D eigenvalue weighted by molar-refractivity contribution is 0.0697. The van der Waals surface area contributed by atoms with Crippen LogP contribution in [0.1, 0.15) is 36.2 Å². The van der Waals surface area contributed by atoms with Gasteiger partial charge in [0.2, 0.25) is 0 Å². The summed E-state index contributed by atoms with van der Waals surface area (Å²) in [7, 11) is 0. The van der Waals surface area contributed by atoms with Crippen molar-refractivity contribution in [1.29, 1.82) is 0 Å². The molecule has 0 heterocycles. The molecule has 122 valence electrons. The normalized spacial score (nSPS) is 10.5. The quantitative estimate of drug-likeness (QED) is 0.611. The minimum absolute atomic E-state index is 0.231. The van der Waals surface area contributed by atoms with Crippen LogP contribution in [0.3, 0.4) is 0 Å². The largest absolute Gasteiger partial charge is 0.478 e. The molecule has 0 aliphatic rings. The Morgan fingerprint density at radius 1 is 1.18 bits per heavy atom. The number of aromatic carboxylic acids is 1. The van der Waals surface area contributed by atoms with E-state index in [0.29, 0.717) is 25.6 Å². The molecule has 0 saturated heterocycles. The lowest BCUT2D eigenvalue weighted by atomic mass is 10.1. The summed E-state index contributed by atoms with van der Waals surface area (Å²) >= 11 is 0. The summed E-state index contributed by atoms with van der Waals surface area (Å²) in [5.74, 6) is -0.444. The first-order valence-electron chi connectivity index (χ1n) is 7.40. The zero-order valence-electron chi connectivity index (χ0n) is 13.1. The molecule has 2 amide bonds. The molecular weight excluding hydrogens is 284 g/mol. The third-order valence-corrected chi connectivity index (χ3v) is 2.86. The molecular formula is C16H24N2O4. The molecule has 0 unspecified atom stereocenters. The van der Waals surface area contributed by atoms with E-state index in [0.717, 1.165) is 18.6 Å². The Kier molecular flexibility index (Phi) is 7.99. The van der Waals surface area contributed by atoms with Gasteiger partial charge >= 0.3 is 12.0 Å². The van der Waals surface area contributed by atoms with Crippen LogP contribution in [0, 0.1) is 5.92 Å². The predicted molar refractivity (Wildman–Crippen MR) is 83.9 cm³/mol. The monoisotopic (exact) mass is 308 g/mol. The lowest BCUT2D eigenvalue weighted by Crippen LogP contribution is -2.35. The van der Waals surface area contributed by atoms with Crippen LogP contribution in [0.4, 0.5) is 4.79 Å². The van der Waals surface area contributed by atoms with Crippen LogP contribution < -0.4 is 10.6 Å². The number of carbonyl (C=O) groups excluding carboxylic acids is 1. The molecule has 0 spiro atoms. The van der Waals surface area contributed by atoms with Gasteiger partial charge in [-0.1, -0.05) is 26.0 Å². The maximum Gasteiger partial charge on any atom is 0.335 e. The number of ether oxygens (including phenoxy) is 1. The molecule has 1 rings (SSSR count). The number of amides is 2. The Morgan fingerprint density at radius 3 is 2.45 bits per heavy atom. The number of carboxylic acids is 1. The molecule has 1 aromatic rings. The maximum atomic E-state index is 11.6. The fourth-order valence-electron chi connectivity index (χ4n) is 1.71. The van der Waals surface area contributed by atoms with Gasteiger partial charge in [0.15, 0.2) is 0 Å². The third kappa shape index (κ3) is 7.64. The van der Waals surface area contributed by atoms with Crippen LogP contribution in [0.15, 0.2) is 24.3 Å². The van der Waals surface area contributed by atoms with E-state index >= 15 is 0 Å². The highest BCUT2D eigenvalue weighted by atomic mass is 16.5. The number of rotatable bonds is 9. The zero-order valence-corrected chi connectivity index (χ0v) is 13.1. The average molecular weight is 308 g/mol. The van der Waals surface area contributed by atoms with Crippen LogP contribution in [0.5, 0.6) is 0 Å². The summed E-state index contributed by atoms with van der Waals surface area (Å²) in [6.07, 6.45) is 0.771. The van der Waals surface area contributed by atoms with Crippen molar-refractivity contribution in [3.63, 3.8) is 0 Å². The summed E-state index contributed by atoms with van der Waals surface area (Å²) < 4.78 is 5.42. The predicted octanol–water partition coefficient (Wildman–Crippen LogP) is 2.25. The topological polar surface area (TPSA) is 87.7 Å². The van der Waals surface area contributed by atoms with Crippen molar-refractivity contribution in [1.82, 2.24) is 10.6 Å². The van der Waals surface area contributed by atoms with Gasteiger partial charge in [0.05, 0.1) is 5.56 Å². The Morgan fingerprint density at radius 2 is 1.86 bits per heavy atom. The highest BCUT2D eigenvalue weighted by molar-refractivity contribution is 5.87. The number of carboxylic acid groups (broad SMARTS) is 1.